The van der Waals surface area contributed by atoms with Gasteiger partial charge in [0.1, 0.15) is 5.82 Å². The maximum atomic E-state index is 13.5. The lowest BCUT2D eigenvalue weighted by atomic mass is 10.2. The Balaban J connectivity index is 2.70. The van der Waals surface area contributed by atoms with E-state index in [0.29, 0.717) is 6.42 Å². The number of carboxylic acid groups (broad SMARTS) is 1. The van der Waals surface area contributed by atoms with Crippen molar-refractivity contribution in [3.63, 3.8) is 0 Å². The summed E-state index contributed by atoms with van der Waals surface area (Å²) in [5.74, 6) is 0.328. The third kappa shape index (κ3) is 4.32. The highest BCUT2D eigenvalue weighted by Gasteiger charge is 2.11. The van der Waals surface area contributed by atoms with E-state index in [1.54, 1.807) is 6.92 Å². The molecule has 1 unspecified atom stereocenters. The molecular formula is C13H13FN2O3. The Morgan fingerprint density at radius 2 is 2.21 bits per heavy atom. The van der Waals surface area contributed by atoms with Crippen LogP contribution in [-0.2, 0) is 0 Å². The smallest absolute Gasteiger partial charge is 0.335 e. The fourth-order valence-electron chi connectivity index (χ4n) is 1.36. The number of urea groups is 1. The fraction of sp³-hybridized carbons (Fsp3) is 0.231. The van der Waals surface area contributed by atoms with Crippen molar-refractivity contribution in [3.8, 4) is 12.3 Å². The molecule has 0 aromatic heterocycles. The molecule has 0 bridgehead atoms. The Labute approximate surface area is 109 Å². The lowest BCUT2D eigenvalue weighted by Crippen LogP contribution is -2.36. The number of halogens is 1. The van der Waals surface area contributed by atoms with E-state index in [4.69, 9.17) is 11.5 Å². The first-order valence-corrected chi connectivity index (χ1v) is 5.48. The summed E-state index contributed by atoms with van der Waals surface area (Å²) in [6, 6.07) is 2.37. The predicted molar refractivity (Wildman–Crippen MR) is 68.4 cm³/mol. The highest BCUT2D eigenvalue weighted by Crippen LogP contribution is 2.15. The van der Waals surface area contributed by atoms with Gasteiger partial charge in [-0.3, -0.25) is 0 Å². The van der Waals surface area contributed by atoms with Crippen LogP contribution in [0.1, 0.15) is 23.7 Å². The SMILES string of the molecule is C#CCC(C)NC(=O)Nc1ccc(C(=O)O)cc1F. The quantitative estimate of drug-likeness (QED) is 0.728. The number of aromatic carboxylic acids is 1. The van der Waals surface area contributed by atoms with Crippen LogP contribution in [0.5, 0.6) is 0 Å². The Bertz CT molecular complexity index is 537. The number of hydrogen-bond acceptors (Lipinski definition) is 2. The number of carbonyl (C=O) groups excluding carboxylic acids is 1. The lowest BCUT2D eigenvalue weighted by Gasteiger charge is -2.12. The van der Waals surface area contributed by atoms with E-state index < -0.39 is 17.8 Å². The van der Waals surface area contributed by atoms with Gasteiger partial charge in [-0.15, -0.1) is 12.3 Å². The Morgan fingerprint density at radius 1 is 1.53 bits per heavy atom. The maximum Gasteiger partial charge on any atom is 0.335 e. The van der Waals surface area contributed by atoms with Crippen molar-refractivity contribution in [2.24, 2.45) is 0 Å². The Kier molecular flexibility index (Phi) is 4.89. The third-order valence-corrected chi connectivity index (χ3v) is 2.27. The minimum absolute atomic E-state index is 0.101. The molecule has 0 radical (unpaired) electrons. The van der Waals surface area contributed by atoms with Crippen molar-refractivity contribution in [3.05, 3.63) is 29.6 Å². The van der Waals surface area contributed by atoms with Gasteiger partial charge in [-0.1, -0.05) is 0 Å². The van der Waals surface area contributed by atoms with Crippen LogP contribution in [0.3, 0.4) is 0 Å². The monoisotopic (exact) mass is 264 g/mol. The van der Waals surface area contributed by atoms with Crippen LogP contribution in [0.4, 0.5) is 14.9 Å². The number of carbonyl (C=O) groups is 2. The van der Waals surface area contributed by atoms with Crippen molar-refractivity contribution in [2.75, 3.05) is 5.32 Å². The molecule has 0 saturated heterocycles. The molecule has 0 aliphatic rings. The average molecular weight is 264 g/mol. The number of benzene rings is 1. The Morgan fingerprint density at radius 3 is 2.74 bits per heavy atom. The molecule has 0 heterocycles. The summed E-state index contributed by atoms with van der Waals surface area (Å²) >= 11 is 0. The van der Waals surface area contributed by atoms with Crippen LogP contribution in [0.25, 0.3) is 0 Å². The van der Waals surface area contributed by atoms with Gasteiger partial charge in [-0.25, -0.2) is 14.0 Å². The molecule has 5 nitrogen and oxygen atoms in total. The minimum Gasteiger partial charge on any atom is -0.478 e. The molecule has 19 heavy (non-hydrogen) atoms. The summed E-state index contributed by atoms with van der Waals surface area (Å²) in [7, 11) is 0. The van der Waals surface area contributed by atoms with Crippen LogP contribution in [-0.4, -0.2) is 23.1 Å². The molecule has 0 saturated carbocycles. The topological polar surface area (TPSA) is 78.4 Å². The van der Waals surface area contributed by atoms with Crippen molar-refractivity contribution >= 4 is 17.7 Å². The van der Waals surface area contributed by atoms with Crippen LogP contribution in [0, 0.1) is 18.2 Å². The van der Waals surface area contributed by atoms with Crippen molar-refractivity contribution < 1.29 is 19.1 Å². The molecule has 1 aromatic carbocycles. The average Bonchev–Trinajstić information content (AvgIpc) is 2.31. The first-order valence-electron chi connectivity index (χ1n) is 5.48. The molecule has 0 spiro atoms. The number of carboxylic acids is 1. The van der Waals surface area contributed by atoms with Gasteiger partial charge in [0.05, 0.1) is 11.3 Å². The number of rotatable bonds is 4. The first kappa shape index (κ1) is 14.5. The molecule has 0 fully saturated rings. The number of hydrogen-bond donors (Lipinski definition) is 3. The lowest BCUT2D eigenvalue weighted by molar-refractivity contribution is 0.0696. The molecule has 6 heteroatoms. The summed E-state index contributed by atoms with van der Waals surface area (Å²) in [4.78, 5) is 22.1. The van der Waals surface area contributed by atoms with Crippen molar-refractivity contribution in [1.82, 2.24) is 5.32 Å². The van der Waals surface area contributed by atoms with Gasteiger partial charge in [-0.2, -0.15) is 0 Å². The van der Waals surface area contributed by atoms with Crippen LogP contribution in [0.15, 0.2) is 18.2 Å². The number of terminal acetylenes is 1. The maximum absolute atomic E-state index is 13.5. The van der Waals surface area contributed by atoms with E-state index in [1.807, 2.05) is 0 Å². The summed E-state index contributed by atoms with van der Waals surface area (Å²) in [5.41, 5.74) is -0.292. The predicted octanol–water partition coefficient (Wildman–Crippen LogP) is 2.06. The molecule has 100 valence electrons. The third-order valence-electron chi connectivity index (χ3n) is 2.27. The molecular weight excluding hydrogens is 251 g/mol. The molecule has 2 amide bonds. The standard InChI is InChI=1S/C13H13FN2O3/c1-3-4-8(2)15-13(19)16-11-6-5-9(12(17)18)7-10(11)14/h1,5-8H,4H2,2H3,(H,17,18)(H2,15,16,19). The van der Waals surface area contributed by atoms with Crippen LogP contribution in [0.2, 0.25) is 0 Å². The molecule has 1 rings (SSSR count). The van der Waals surface area contributed by atoms with Crippen LogP contribution < -0.4 is 10.6 Å². The number of nitrogens with one attached hydrogen (secondary N) is 2. The minimum atomic E-state index is -1.24. The van der Waals surface area contributed by atoms with Crippen LogP contribution >= 0.6 is 0 Å². The fourth-order valence-corrected chi connectivity index (χ4v) is 1.36. The van der Waals surface area contributed by atoms with Gasteiger partial charge in [0.2, 0.25) is 0 Å². The van der Waals surface area contributed by atoms with E-state index in [9.17, 15) is 14.0 Å². The van der Waals surface area contributed by atoms with Gasteiger partial charge in [0, 0.05) is 12.5 Å². The number of anilines is 1. The van der Waals surface area contributed by atoms with Gasteiger partial charge in [-0.05, 0) is 25.1 Å². The van der Waals surface area contributed by atoms with Crippen molar-refractivity contribution in [2.45, 2.75) is 19.4 Å². The summed E-state index contributed by atoms with van der Waals surface area (Å²) in [6.07, 6.45) is 5.44. The molecule has 0 aliphatic heterocycles. The summed E-state index contributed by atoms with van der Waals surface area (Å²) < 4.78 is 13.5. The highest BCUT2D eigenvalue weighted by atomic mass is 19.1. The molecule has 1 atom stereocenters. The van der Waals surface area contributed by atoms with Gasteiger partial charge < -0.3 is 15.7 Å². The highest BCUT2D eigenvalue weighted by molar-refractivity contribution is 5.91. The summed E-state index contributed by atoms with van der Waals surface area (Å²) in [6.45, 7) is 1.71. The van der Waals surface area contributed by atoms with Crippen molar-refractivity contribution in [1.29, 1.82) is 0 Å². The normalized spacial score (nSPS) is 11.2. The largest absolute Gasteiger partial charge is 0.478 e. The van der Waals surface area contributed by atoms with E-state index in [-0.39, 0.29) is 17.3 Å². The Hall–Kier alpha value is -2.55. The van der Waals surface area contributed by atoms with Gasteiger partial charge in [0.25, 0.3) is 0 Å². The second kappa shape index (κ2) is 6.40. The zero-order valence-electron chi connectivity index (χ0n) is 10.2. The van der Waals surface area contributed by atoms with Gasteiger partial charge in [0.15, 0.2) is 0 Å². The van der Waals surface area contributed by atoms with E-state index in [0.717, 1.165) is 6.07 Å². The zero-order valence-corrected chi connectivity index (χ0v) is 10.2. The second-order valence-corrected chi connectivity index (χ2v) is 3.91. The second-order valence-electron chi connectivity index (χ2n) is 3.91. The van der Waals surface area contributed by atoms with E-state index in [2.05, 4.69) is 16.6 Å². The summed E-state index contributed by atoms with van der Waals surface area (Å²) in [5, 5.41) is 13.5. The number of amides is 2. The van der Waals surface area contributed by atoms with Gasteiger partial charge >= 0.3 is 12.0 Å². The first-order chi connectivity index (χ1) is 8.93. The van der Waals surface area contributed by atoms with E-state index >= 15 is 0 Å². The molecule has 1 aromatic rings. The molecule has 3 N–H and O–H groups in total. The zero-order chi connectivity index (χ0) is 14.4. The van der Waals surface area contributed by atoms with E-state index in [1.165, 1.54) is 12.1 Å². The molecule has 0 aliphatic carbocycles.